The summed E-state index contributed by atoms with van der Waals surface area (Å²) in [7, 11) is 1.71. The number of nitrogens with one attached hydrogen (secondary N) is 1. The van der Waals surface area contributed by atoms with Crippen LogP contribution in [0.2, 0.25) is 0 Å². The molecule has 1 atom stereocenters. The average molecular weight is 329 g/mol. The molecule has 2 N–H and O–H groups in total. The van der Waals surface area contributed by atoms with Crippen molar-refractivity contribution in [3.8, 4) is 0 Å². The Morgan fingerprint density at radius 1 is 1.42 bits per heavy atom. The van der Waals surface area contributed by atoms with E-state index in [1.165, 1.54) is 0 Å². The van der Waals surface area contributed by atoms with Crippen molar-refractivity contribution in [1.82, 2.24) is 10.2 Å². The van der Waals surface area contributed by atoms with Crippen molar-refractivity contribution in [2.24, 2.45) is 0 Å². The lowest BCUT2D eigenvalue weighted by molar-refractivity contribution is -0.121. The van der Waals surface area contributed by atoms with E-state index in [1.54, 1.807) is 43.1 Å². The first kappa shape index (κ1) is 15.8. The number of imide groups is 1. The highest BCUT2D eigenvalue weighted by Crippen LogP contribution is 2.15. The van der Waals surface area contributed by atoms with Gasteiger partial charge in [0.2, 0.25) is 5.91 Å². The maximum absolute atomic E-state index is 11.9. The number of likely N-dealkylation sites (N-methyl/N-ethyl adjacent to an activating group) is 1. The van der Waals surface area contributed by atoms with Crippen LogP contribution in [0.15, 0.2) is 28.7 Å². The number of hydrogen-bond acceptors (Lipinski definition) is 4. The molecule has 0 aliphatic heterocycles. The van der Waals surface area contributed by atoms with Crippen molar-refractivity contribution in [3.63, 3.8) is 0 Å². The monoisotopic (exact) mass is 328 g/mol. The molecule has 0 fully saturated rings. The quantitative estimate of drug-likeness (QED) is 0.846. The zero-order valence-corrected chi connectivity index (χ0v) is 12.5. The van der Waals surface area contributed by atoms with Gasteiger partial charge in [-0.3, -0.25) is 19.8 Å². The van der Waals surface area contributed by atoms with Crippen LogP contribution in [0, 0.1) is 0 Å². The van der Waals surface area contributed by atoms with Crippen LogP contribution >= 0.6 is 15.9 Å². The third-order valence-corrected chi connectivity index (χ3v) is 3.47. The standard InChI is InChI=1S/C13H17BrN2O3/c1-9(8-17)16(2)7-12(18)15-13(19)10-5-3-4-6-11(10)14/h3-6,9,17H,7-8H2,1-2H3,(H,15,18,19). The predicted octanol–water partition coefficient (Wildman–Crippen LogP) is 1.02. The summed E-state index contributed by atoms with van der Waals surface area (Å²) in [5.41, 5.74) is 0.411. The van der Waals surface area contributed by atoms with Crippen LogP contribution in [0.4, 0.5) is 0 Å². The number of carbonyl (C=O) groups excluding carboxylic acids is 2. The molecule has 0 radical (unpaired) electrons. The SMILES string of the molecule is CC(CO)N(C)CC(=O)NC(=O)c1ccccc1Br. The smallest absolute Gasteiger partial charge is 0.259 e. The van der Waals surface area contributed by atoms with E-state index in [4.69, 9.17) is 5.11 Å². The Labute approximate surface area is 120 Å². The Hall–Kier alpha value is -1.24. The van der Waals surface area contributed by atoms with Gasteiger partial charge in [-0.15, -0.1) is 0 Å². The number of aliphatic hydroxyl groups is 1. The second-order valence-electron chi connectivity index (χ2n) is 4.30. The molecule has 1 rings (SSSR count). The molecule has 0 spiro atoms. The van der Waals surface area contributed by atoms with Gasteiger partial charge in [-0.1, -0.05) is 12.1 Å². The van der Waals surface area contributed by atoms with Crippen LogP contribution in [-0.2, 0) is 4.79 Å². The molecule has 0 aliphatic rings. The van der Waals surface area contributed by atoms with Crippen molar-refractivity contribution in [2.75, 3.05) is 20.2 Å². The normalized spacial score (nSPS) is 12.3. The number of amides is 2. The minimum Gasteiger partial charge on any atom is -0.395 e. The van der Waals surface area contributed by atoms with Gasteiger partial charge in [-0.25, -0.2) is 0 Å². The van der Waals surface area contributed by atoms with Gasteiger partial charge in [0.1, 0.15) is 0 Å². The molecule has 0 bridgehead atoms. The third-order valence-electron chi connectivity index (χ3n) is 2.78. The molecule has 1 unspecified atom stereocenters. The Bertz CT molecular complexity index is 465. The molecule has 0 saturated heterocycles. The molecule has 0 aromatic heterocycles. The molecular formula is C13H17BrN2O3. The lowest BCUT2D eigenvalue weighted by Gasteiger charge is -2.21. The molecule has 1 aromatic rings. The number of hydrogen-bond donors (Lipinski definition) is 2. The maximum Gasteiger partial charge on any atom is 0.259 e. The van der Waals surface area contributed by atoms with Gasteiger partial charge in [-0.05, 0) is 42.0 Å². The number of carbonyl (C=O) groups is 2. The van der Waals surface area contributed by atoms with Crippen LogP contribution < -0.4 is 5.32 Å². The Morgan fingerprint density at radius 2 is 2.05 bits per heavy atom. The van der Waals surface area contributed by atoms with Crippen LogP contribution in [0.1, 0.15) is 17.3 Å². The third kappa shape index (κ3) is 4.74. The van der Waals surface area contributed by atoms with Crippen molar-refractivity contribution in [2.45, 2.75) is 13.0 Å². The van der Waals surface area contributed by atoms with E-state index >= 15 is 0 Å². The number of halogens is 1. The fourth-order valence-electron chi connectivity index (χ4n) is 1.40. The molecule has 1 aromatic carbocycles. The summed E-state index contributed by atoms with van der Waals surface area (Å²) in [5.74, 6) is -0.842. The lowest BCUT2D eigenvalue weighted by Crippen LogP contribution is -2.42. The molecule has 6 heteroatoms. The molecule has 0 saturated carbocycles. The van der Waals surface area contributed by atoms with Crippen LogP contribution in [0.3, 0.4) is 0 Å². The van der Waals surface area contributed by atoms with Gasteiger partial charge in [-0.2, -0.15) is 0 Å². The summed E-state index contributed by atoms with van der Waals surface area (Å²) in [6, 6.07) is 6.75. The van der Waals surface area contributed by atoms with Gasteiger partial charge in [0.25, 0.3) is 5.91 Å². The number of nitrogens with zero attached hydrogens (tertiary/aromatic N) is 1. The van der Waals surface area contributed by atoms with E-state index in [0.29, 0.717) is 10.0 Å². The predicted molar refractivity (Wildman–Crippen MR) is 75.8 cm³/mol. The summed E-state index contributed by atoms with van der Waals surface area (Å²) < 4.78 is 0.636. The van der Waals surface area contributed by atoms with Crippen molar-refractivity contribution >= 4 is 27.7 Å². The Balaban J connectivity index is 2.58. The molecular weight excluding hydrogens is 312 g/mol. The van der Waals surface area contributed by atoms with Crippen molar-refractivity contribution < 1.29 is 14.7 Å². The molecule has 19 heavy (non-hydrogen) atoms. The van der Waals surface area contributed by atoms with Gasteiger partial charge in [0.05, 0.1) is 18.7 Å². The molecule has 2 amide bonds. The van der Waals surface area contributed by atoms with E-state index in [9.17, 15) is 9.59 Å². The molecule has 0 aliphatic carbocycles. The highest BCUT2D eigenvalue weighted by molar-refractivity contribution is 9.10. The van der Waals surface area contributed by atoms with Gasteiger partial charge < -0.3 is 5.11 Å². The molecule has 5 nitrogen and oxygen atoms in total. The zero-order valence-electron chi connectivity index (χ0n) is 10.9. The lowest BCUT2D eigenvalue weighted by atomic mass is 10.2. The van der Waals surface area contributed by atoms with Gasteiger partial charge in [0.15, 0.2) is 0 Å². The summed E-state index contributed by atoms with van der Waals surface area (Å²) in [5, 5.41) is 11.3. The van der Waals surface area contributed by atoms with Crippen LogP contribution in [0.25, 0.3) is 0 Å². The molecule has 104 valence electrons. The number of rotatable bonds is 5. The number of aliphatic hydroxyl groups excluding tert-OH is 1. The highest BCUT2D eigenvalue weighted by Gasteiger charge is 2.16. The van der Waals surface area contributed by atoms with Crippen LogP contribution in [0.5, 0.6) is 0 Å². The average Bonchev–Trinajstić information content (AvgIpc) is 2.37. The largest absolute Gasteiger partial charge is 0.395 e. The topological polar surface area (TPSA) is 69.6 Å². The highest BCUT2D eigenvalue weighted by atomic mass is 79.9. The van der Waals surface area contributed by atoms with Gasteiger partial charge >= 0.3 is 0 Å². The first-order chi connectivity index (χ1) is 8.95. The summed E-state index contributed by atoms with van der Waals surface area (Å²) in [4.78, 5) is 25.2. The van der Waals surface area contributed by atoms with Crippen molar-refractivity contribution in [3.05, 3.63) is 34.3 Å². The van der Waals surface area contributed by atoms with E-state index < -0.39 is 11.8 Å². The minimum absolute atomic E-state index is 0.0397. The first-order valence-electron chi connectivity index (χ1n) is 5.85. The minimum atomic E-state index is -0.442. The maximum atomic E-state index is 11.9. The Kier molecular flexibility index (Phi) is 6.14. The molecule has 0 heterocycles. The zero-order chi connectivity index (χ0) is 14.4. The first-order valence-corrected chi connectivity index (χ1v) is 6.64. The van der Waals surface area contributed by atoms with Crippen molar-refractivity contribution in [1.29, 1.82) is 0 Å². The fraction of sp³-hybridized carbons (Fsp3) is 0.385. The fourth-order valence-corrected chi connectivity index (χ4v) is 1.87. The summed E-state index contributed by atoms with van der Waals surface area (Å²) in [6.45, 7) is 1.81. The summed E-state index contributed by atoms with van der Waals surface area (Å²) >= 11 is 3.26. The Morgan fingerprint density at radius 3 is 2.63 bits per heavy atom. The second-order valence-corrected chi connectivity index (χ2v) is 5.16. The summed E-state index contributed by atoms with van der Waals surface area (Å²) in [6.07, 6.45) is 0. The van der Waals surface area contributed by atoms with Crippen LogP contribution in [-0.4, -0.2) is 48.1 Å². The number of benzene rings is 1. The van der Waals surface area contributed by atoms with E-state index in [1.807, 2.05) is 0 Å². The van der Waals surface area contributed by atoms with E-state index in [0.717, 1.165) is 0 Å². The van der Waals surface area contributed by atoms with E-state index in [-0.39, 0.29) is 19.2 Å². The van der Waals surface area contributed by atoms with Gasteiger partial charge in [0, 0.05) is 10.5 Å². The second kappa shape index (κ2) is 7.37. The van der Waals surface area contributed by atoms with E-state index in [2.05, 4.69) is 21.2 Å².